The molecule has 0 saturated heterocycles. The highest BCUT2D eigenvalue weighted by Gasteiger charge is 2.38. The van der Waals surface area contributed by atoms with Crippen LogP contribution in [0.3, 0.4) is 0 Å². The Morgan fingerprint density at radius 2 is 0.955 bits per heavy atom. The van der Waals surface area contributed by atoms with Gasteiger partial charge in [-0.2, -0.15) is 9.97 Å². The Morgan fingerprint density at radius 3 is 1.63 bits per heavy atom. The van der Waals surface area contributed by atoms with E-state index in [9.17, 15) is 0 Å². The predicted octanol–water partition coefficient (Wildman–Crippen LogP) is 16.6. The number of furan rings is 2. The van der Waals surface area contributed by atoms with Crippen LogP contribution in [0.1, 0.15) is 45.2 Å². The van der Waals surface area contributed by atoms with E-state index < -0.39 is 0 Å². The molecule has 0 atom stereocenters. The Morgan fingerprint density at radius 1 is 0.448 bits per heavy atom. The Labute approximate surface area is 386 Å². The smallest absolute Gasteiger partial charge is 0.238 e. The third kappa shape index (κ3) is 5.85. The summed E-state index contributed by atoms with van der Waals surface area (Å²) in [6.45, 7) is 8.96. The molecule has 4 aromatic heterocycles. The van der Waals surface area contributed by atoms with Crippen LogP contribution in [0.5, 0.6) is 0 Å². The van der Waals surface area contributed by atoms with Gasteiger partial charge in [0, 0.05) is 54.4 Å². The lowest BCUT2D eigenvalue weighted by atomic mass is 9.78. The largest absolute Gasteiger partial charge is 0.456 e. The van der Waals surface area contributed by atoms with Crippen LogP contribution in [0.4, 0.5) is 0 Å². The van der Waals surface area contributed by atoms with Crippen molar-refractivity contribution in [2.75, 3.05) is 0 Å². The summed E-state index contributed by atoms with van der Waals surface area (Å²) < 4.78 is 15.1. The maximum Gasteiger partial charge on any atom is 0.238 e. The van der Waals surface area contributed by atoms with Crippen LogP contribution in [0.15, 0.2) is 191 Å². The second-order valence-electron chi connectivity index (χ2n) is 18.2. The van der Waals surface area contributed by atoms with Gasteiger partial charge in [0.1, 0.15) is 22.3 Å². The number of para-hydroxylation sites is 3. The molecule has 9 aromatic carbocycles. The van der Waals surface area contributed by atoms with Crippen molar-refractivity contribution in [3.05, 3.63) is 193 Å². The van der Waals surface area contributed by atoms with Crippen molar-refractivity contribution in [1.82, 2.24) is 19.5 Å². The fourth-order valence-electron chi connectivity index (χ4n) is 10.8. The van der Waals surface area contributed by atoms with Crippen molar-refractivity contribution in [3.8, 4) is 51.0 Å². The number of fused-ring (bicyclic) bond motifs is 14. The first kappa shape index (κ1) is 39.1. The van der Waals surface area contributed by atoms with Crippen LogP contribution in [-0.2, 0) is 5.41 Å². The fourth-order valence-corrected chi connectivity index (χ4v) is 10.8. The van der Waals surface area contributed by atoms with Gasteiger partial charge in [0.15, 0.2) is 11.6 Å². The van der Waals surface area contributed by atoms with Crippen molar-refractivity contribution < 1.29 is 8.83 Å². The molecule has 0 spiro atoms. The molecule has 0 radical (unpaired) electrons. The summed E-state index contributed by atoms with van der Waals surface area (Å²) in [5.74, 6) is 1.60. The number of rotatable bonds is 4. The van der Waals surface area contributed by atoms with E-state index in [2.05, 4.69) is 178 Å². The van der Waals surface area contributed by atoms with Gasteiger partial charge in [-0.3, -0.25) is 4.57 Å². The summed E-state index contributed by atoms with van der Waals surface area (Å²) in [5, 5.41) is 8.87. The Kier molecular flexibility index (Phi) is 8.65. The number of hydrogen-bond donors (Lipinski definition) is 0. The highest BCUT2D eigenvalue weighted by molar-refractivity contribution is 6.23. The summed E-state index contributed by atoms with van der Waals surface area (Å²) in [6.07, 6.45) is 1.25. The molecule has 67 heavy (non-hydrogen) atoms. The summed E-state index contributed by atoms with van der Waals surface area (Å²) in [6, 6.07) is 64.2. The van der Waals surface area contributed by atoms with Gasteiger partial charge in [-0.25, -0.2) is 4.98 Å². The van der Waals surface area contributed by atoms with E-state index in [4.69, 9.17) is 23.8 Å². The van der Waals surface area contributed by atoms with Crippen LogP contribution in [0, 0.1) is 0 Å². The molecule has 14 rings (SSSR count). The van der Waals surface area contributed by atoms with E-state index in [-0.39, 0.29) is 5.41 Å². The molecule has 0 fully saturated rings. The van der Waals surface area contributed by atoms with Crippen LogP contribution in [0.25, 0.3) is 127 Å². The zero-order valence-corrected chi connectivity index (χ0v) is 37.6. The van der Waals surface area contributed by atoms with E-state index in [1.54, 1.807) is 0 Å². The van der Waals surface area contributed by atoms with E-state index in [1.807, 2.05) is 36.4 Å². The quantitative estimate of drug-likeness (QED) is 0.176. The molecule has 1 aliphatic rings. The lowest BCUT2D eigenvalue weighted by Gasteiger charge is -2.25. The first-order valence-corrected chi connectivity index (χ1v) is 23.2. The molecule has 6 heteroatoms. The highest BCUT2D eigenvalue weighted by Crippen LogP contribution is 2.53. The minimum Gasteiger partial charge on any atom is -0.456 e. The van der Waals surface area contributed by atoms with E-state index in [0.717, 1.165) is 82.4 Å². The van der Waals surface area contributed by atoms with Crippen molar-refractivity contribution in [2.24, 2.45) is 0 Å². The Bertz CT molecular complexity index is 4020. The van der Waals surface area contributed by atoms with Crippen LogP contribution in [0.2, 0.25) is 0 Å². The number of benzene rings is 9. The topological polar surface area (TPSA) is 69.9 Å². The summed E-state index contributed by atoms with van der Waals surface area (Å²) in [7, 11) is 0. The molecule has 0 aliphatic heterocycles. The Balaban J connectivity index is 0.00000145. The van der Waals surface area contributed by atoms with Crippen molar-refractivity contribution in [3.63, 3.8) is 0 Å². The lowest BCUT2D eigenvalue weighted by Crippen LogP contribution is -2.16. The second kappa shape index (κ2) is 14.8. The molecule has 0 N–H and O–H groups in total. The molecule has 0 bridgehead atoms. The highest BCUT2D eigenvalue weighted by atomic mass is 16.3. The zero-order chi connectivity index (χ0) is 45.0. The Hall–Kier alpha value is -8.35. The first-order chi connectivity index (χ1) is 32.9. The molecule has 13 aromatic rings. The zero-order valence-electron chi connectivity index (χ0n) is 37.6. The third-order valence-corrected chi connectivity index (χ3v) is 13.6. The normalized spacial score (nSPS) is 13.0. The average molecular weight is 865 g/mol. The number of aromatic nitrogens is 4. The molecular weight excluding hydrogens is 821 g/mol. The molecule has 0 amide bonds. The molecular formula is C61H44N4O2. The molecule has 0 unspecified atom stereocenters. The van der Waals surface area contributed by atoms with Crippen molar-refractivity contribution in [1.29, 1.82) is 0 Å². The van der Waals surface area contributed by atoms with Gasteiger partial charge in [-0.15, -0.1) is 0 Å². The van der Waals surface area contributed by atoms with Gasteiger partial charge in [0.05, 0.1) is 11.0 Å². The van der Waals surface area contributed by atoms with E-state index >= 15 is 0 Å². The van der Waals surface area contributed by atoms with Crippen LogP contribution < -0.4 is 0 Å². The number of hydrogen-bond acceptors (Lipinski definition) is 5. The minimum absolute atomic E-state index is 0.230. The summed E-state index contributed by atoms with van der Waals surface area (Å²) in [5.41, 5.74) is 14.2. The fraction of sp³-hybridized carbons (Fsp3) is 0.0984. The first-order valence-electron chi connectivity index (χ1n) is 23.2. The second-order valence-corrected chi connectivity index (χ2v) is 18.2. The van der Waals surface area contributed by atoms with Crippen LogP contribution >= 0.6 is 0 Å². The number of nitrogens with zero attached hydrogens (tertiary/aromatic N) is 4. The summed E-state index contributed by atoms with van der Waals surface area (Å²) >= 11 is 0. The molecule has 1 aliphatic carbocycles. The van der Waals surface area contributed by atoms with Gasteiger partial charge >= 0.3 is 0 Å². The van der Waals surface area contributed by atoms with Gasteiger partial charge < -0.3 is 8.83 Å². The van der Waals surface area contributed by atoms with Gasteiger partial charge in [-0.05, 0) is 81.1 Å². The molecule has 6 nitrogen and oxygen atoms in total. The average Bonchev–Trinajstić information content (AvgIpc) is 4.10. The summed E-state index contributed by atoms with van der Waals surface area (Å²) in [4.78, 5) is 16.2. The third-order valence-electron chi connectivity index (χ3n) is 13.6. The van der Waals surface area contributed by atoms with Gasteiger partial charge in [-0.1, -0.05) is 174 Å². The standard InChI is InChI=1S/C58H36N4O2.C3H8/c1-58(2)46-22-8-5-15-37(46)42-18-11-19-43(53(42)58)44-20-12-21-45-52-36-14-4-3-13-33(36)27-30-47(52)62(54(44)45)57-60-55(34-25-28-40-38-16-6-9-23-48(38)63-50(40)31-34)59-56(61-57)35-26-29-41-39-17-7-10-24-49(39)64-51(41)32-35;1-3-2/h3-32H,1-2H3;3H2,1-2H3. The van der Waals surface area contributed by atoms with Crippen molar-refractivity contribution in [2.45, 2.75) is 39.5 Å². The SMILES string of the molecule is CC1(C)c2ccccc2-c2cccc(-c3cccc4c5c6ccccc6ccc5n(-c5nc(-c6ccc7c(c6)oc6ccccc67)nc(-c6ccc7c(c6)oc6ccccc67)n5)c34)c21.CCC. The lowest BCUT2D eigenvalue weighted by molar-refractivity contribution is 0.662. The molecule has 4 heterocycles. The molecule has 0 saturated carbocycles. The predicted molar refractivity (Wildman–Crippen MR) is 276 cm³/mol. The minimum atomic E-state index is -0.230. The molecule has 320 valence electrons. The maximum absolute atomic E-state index is 6.42. The van der Waals surface area contributed by atoms with E-state index in [0.29, 0.717) is 17.6 Å². The maximum atomic E-state index is 6.42. The van der Waals surface area contributed by atoms with Crippen LogP contribution in [-0.4, -0.2) is 19.5 Å². The van der Waals surface area contributed by atoms with Crippen molar-refractivity contribution >= 4 is 76.5 Å². The van der Waals surface area contributed by atoms with Gasteiger partial charge in [0.25, 0.3) is 0 Å². The van der Waals surface area contributed by atoms with Gasteiger partial charge in [0.2, 0.25) is 5.95 Å². The monoisotopic (exact) mass is 864 g/mol. The van der Waals surface area contributed by atoms with E-state index in [1.165, 1.54) is 45.0 Å².